The highest BCUT2D eigenvalue weighted by atomic mass is 16.7. The predicted molar refractivity (Wildman–Crippen MR) is 65.2 cm³/mol. The second-order valence-electron chi connectivity index (χ2n) is 4.68. The Balaban J connectivity index is 1.82. The van der Waals surface area contributed by atoms with Gasteiger partial charge in [-0.25, -0.2) is 4.79 Å². The third-order valence-electron chi connectivity index (χ3n) is 3.37. The molecule has 0 atom stereocenters. The van der Waals surface area contributed by atoms with Crippen LogP contribution in [0.4, 0.5) is 0 Å². The Kier molecular flexibility index (Phi) is 2.69. The molecule has 1 aromatic carbocycles. The molecule has 0 unspecified atom stereocenters. The zero-order valence-electron chi connectivity index (χ0n) is 10.6. The first-order chi connectivity index (χ1) is 9.13. The van der Waals surface area contributed by atoms with Gasteiger partial charge in [-0.3, -0.25) is 4.79 Å². The van der Waals surface area contributed by atoms with E-state index in [-0.39, 0.29) is 12.2 Å². The Bertz CT molecular complexity index is 545. The van der Waals surface area contributed by atoms with Gasteiger partial charge in [0.25, 0.3) is 11.6 Å². The van der Waals surface area contributed by atoms with Gasteiger partial charge in [0.15, 0.2) is 11.5 Å². The molecule has 0 N–H and O–H groups in total. The Morgan fingerprint density at radius 3 is 2.63 bits per heavy atom. The van der Waals surface area contributed by atoms with Crippen LogP contribution in [-0.2, 0) is 9.53 Å². The molecular weight excluding hydrogens is 248 g/mol. The van der Waals surface area contributed by atoms with Crippen LogP contribution in [0.5, 0.6) is 11.5 Å². The van der Waals surface area contributed by atoms with E-state index in [4.69, 9.17) is 14.2 Å². The summed E-state index contributed by atoms with van der Waals surface area (Å²) in [4.78, 5) is 23.2. The summed E-state index contributed by atoms with van der Waals surface area (Å²) < 4.78 is 16.1. The molecule has 1 aliphatic heterocycles. The molecule has 1 spiro atoms. The van der Waals surface area contributed by atoms with E-state index >= 15 is 0 Å². The summed E-state index contributed by atoms with van der Waals surface area (Å²) in [5.41, 5.74) is 0.261. The van der Waals surface area contributed by atoms with Crippen LogP contribution in [0.15, 0.2) is 18.2 Å². The number of ketones is 1. The number of hydrogen-bond donors (Lipinski definition) is 0. The van der Waals surface area contributed by atoms with Crippen LogP contribution < -0.4 is 9.47 Å². The molecule has 1 aromatic rings. The minimum Gasteiger partial charge on any atom is -0.460 e. The first-order valence-corrected chi connectivity index (χ1v) is 6.37. The third-order valence-corrected chi connectivity index (χ3v) is 3.37. The number of benzene rings is 1. The highest BCUT2D eigenvalue weighted by Gasteiger charge is 2.47. The zero-order valence-corrected chi connectivity index (χ0v) is 10.6. The van der Waals surface area contributed by atoms with Crippen LogP contribution in [0.25, 0.3) is 0 Å². The highest BCUT2D eigenvalue weighted by molar-refractivity contribution is 6.40. The van der Waals surface area contributed by atoms with E-state index in [0.29, 0.717) is 11.5 Å². The summed E-state index contributed by atoms with van der Waals surface area (Å²) in [7, 11) is 0. The van der Waals surface area contributed by atoms with Crippen molar-refractivity contribution in [2.24, 2.45) is 0 Å². The van der Waals surface area contributed by atoms with Crippen molar-refractivity contribution in [1.82, 2.24) is 0 Å². The molecule has 1 saturated carbocycles. The lowest BCUT2D eigenvalue weighted by molar-refractivity contribution is -0.138. The van der Waals surface area contributed by atoms with E-state index < -0.39 is 17.5 Å². The number of hydrogen-bond acceptors (Lipinski definition) is 5. The van der Waals surface area contributed by atoms with Gasteiger partial charge in [-0.2, -0.15) is 0 Å². The average molecular weight is 262 g/mol. The fraction of sp³-hybridized carbons (Fsp3) is 0.429. The van der Waals surface area contributed by atoms with Gasteiger partial charge in [0.05, 0.1) is 6.61 Å². The van der Waals surface area contributed by atoms with Crippen molar-refractivity contribution in [2.75, 3.05) is 6.61 Å². The predicted octanol–water partition coefficient (Wildman–Crippen LogP) is 2.08. The lowest BCUT2D eigenvalue weighted by Crippen LogP contribution is -2.45. The second-order valence-corrected chi connectivity index (χ2v) is 4.68. The molecule has 0 aromatic heterocycles. The van der Waals surface area contributed by atoms with Crippen molar-refractivity contribution in [2.45, 2.75) is 32.0 Å². The number of esters is 1. The van der Waals surface area contributed by atoms with E-state index in [1.165, 1.54) is 0 Å². The lowest BCUT2D eigenvalue weighted by Gasteiger charge is -2.35. The fourth-order valence-electron chi connectivity index (χ4n) is 2.22. The SMILES string of the molecule is CCOC(=O)C(=O)c1ccc2c(c1)OC1(CCC1)O2. The molecule has 0 amide bonds. The molecular formula is C14H14O5. The van der Waals surface area contributed by atoms with E-state index in [2.05, 4.69) is 0 Å². The Hall–Kier alpha value is -2.04. The van der Waals surface area contributed by atoms with Crippen molar-refractivity contribution >= 4 is 11.8 Å². The van der Waals surface area contributed by atoms with Gasteiger partial charge in [-0.15, -0.1) is 0 Å². The van der Waals surface area contributed by atoms with Gasteiger partial charge in [-0.1, -0.05) is 0 Å². The van der Waals surface area contributed by atoms with E-state index in [9.17, 15) is 9.59 Å². The van der Waals surface area contributed by atoms with Crippen LogP contribution in [-0.4, -0.2) is 24.1 Å². The van der Waals surface area contributed by atoms with Gasteiger partial charge >= 0.3 is 5.97 Å². The zero-order chi connectivity index (χ0) is 13.5. The molecule has 0 radical (unpaired) electrons. The maximum atomic E-state index is 11.8. The van der Waals surface area contributed by atoms with Gasteiger partial charge < -0.3 is 14.2 Å². The molecule has 19 heavy (non-hydrogen) atoms. The van der Waals surface area contributed by atoms with Gasteiger partial charge in [0.1, 0.15) is 0 Å². The second kappa shape index (κ2) is 4.26. The molecule has 1 aliphatic carbocycles. The standard InChI is InChI=1S/C14H14O5/c1-2-17-13(16)12(15)9-4-5-10-11(8-9)19-14(18-10)6-3-7-14/h4-5,8H,2-3,6-7H2,1H3. The Morgan fingerprint density at radius 2 is 2.00 bits per heavy atom. The van der Waals surface area contributed by atoms with E-state index in [1.807, 2.05) is 0 Å². The van der Waals surface area contributed by atoms with E-state index in [1.54, 1.807) is 25.1 Å². The molecule has 0 saturated heterocycles. The summed E-state index contributed by atoms with van der Waals surface area (Å²) in [5, 5.41) is 0. The largest absolute Gasteiger partial charge is 0.460 e. The molecule has 0 bridgehead atoms. The summed E-state index contributed by atoms with van der Waals surface area (Å²) in [6, 6.07) is 4.76. The van der Waals surface area contributed by atoms with Crippen LogP contribution in [0.2, 0.25) is 0 Å². The first-order valence-electron chi connectivity index (χ1n) is 6.37. The van der Waals surface area contributed by atoms with Crippen LogP contribution in [0, 0.1) is 0 Å². The summed E-state index contributed by atoms with van der Waals surface area (Å²) in [6.07, 6.45) is 2.77. The third kappa shape index (κ3) is 1.95. The topological polar surface area (TPSA) is 61.8 Å². The summed E-state index contributed by atoms with van der Waals surface area (Å²) >= 11 is 0. The molecule has 5 heteroatoms. The number of ether oxygens (including phenoxy) is 3. The van der Waals surface area contributed by atoms with Crippen molar-refractivity contribution < 1.29 is 23.8 Å². The monoisotopic (exact) mass is 262 g/mol. The van der Waals surface area contributed by atoms with Crippen LogP contribution in [0.1, 0.15) is 36.5 Å². The number of carbonyl (C=O) groups excluding carboxylic acids is 2. The maximum Gasteiger partial charge on any atom is 0.379 e. The quantitative estimate of drug-likeness (QED) is 0.474. The molecule has 1 heterocycles. The number of carbonyl (C=O) groups is 2. The summed E-state index contributed by atoms with van der Waals surface area (Å²) in [6.45, 7) is 1.84. The number of Topliss-reactive ketones (excluding diaryl/α,β-unsaturated/α-hetero) is 1. The minimum atomic E-state index is -0.847. The van der Waals surface area contributed by atoms with E-state index in [0.717, 1.165) is 19.3 Å². The van der Waals surface area contributed by atoms with Gasteiger partial charge in [0.2, 0.25) is 0 Å². The Morgan fingerprint density at radius 1 is 1.26 bits per heavy atom. The van der Waals surface area contributed by atoms with Crippen molar-refractivity contribution in [3.05, 3.63) is 23.8 Å². The molecule has 5 nitrogen and oxygen atoms in total. The van der Waals surface area contributed by atoms with Crippen molar-refractivity contribution in [1.29, 1.82) is 0 Å². The molecule has 3 rings (SSSR count). The van der Waals surface area contributed by atoms with Gasteiger partial charge in [0, 0.05) is 18.4 Å². The first kappa shape index (κ1) is 12.0. The Labute approximate surface area is 110 Å². The summed E-state index contributed by atoms with van der Waals surface area (Å²) in [5.74, 6) is -0.897. The molecule has 2 aliphatic rings. The lowest BCUT2D eigenvalue weighted by atomic mass is 9.91. The number of fused-ring (bicyclic) bond motifs is 1. The fourth-order valence-corrected chi connectivity index (χ4v) is 2.22. The molecule has 1 fully saturated rings. The normalized spacial score (nSPS) is 17.9. The van der Waals surface area contributed by atoms with Gasteiger partial charge in [-0.05, 0) is 31.5 Å². The van der Waals surface area contributed by atoms with Crippen molar-refractivity contribution in [3.63, 3.8) is 0 Å². The highest BCUT2D eigenvalue weighted by Crippen LogP contribution is 2.48. The van der Waals surface area contributed by atoms with Crippen molar-refractivity contribution in [3.8, 4) is 11.5 Å². The smallest absolute Gasteiger partial charge is 0.379 e. The molecule has 100 valence electrons. The van der Waals surface area contributed by atoms with Crippen LogP contribution >= 0.6 is 0 Å². The minimum absolute atomic E-state index is 0.179. The average Bonchev–Trinajstić information content (AvgIpc) is 2.76. The maximum absolute atomic E-state index is 11.8. The number of rotatable bonds is 3. The van der Waals surface area contributed by atoms with Crippen LogP contribution in [0.3, 0.4) is 0 Å².